The summed E-state index contributed by atoms with van der Waals surface area (Å²) in [5, 5.41) is 17.1. The second kappa shape index (κ2) is 4.29. The number of rotatable bonds is 4. The summed E-state index contributed by atoms with van der Waals surface area (Å²) >= 11 is 0. The third-order valence-electron chi connectivity index (χ3n) is 4.16. The summed E-state index contributed by atoms with van der Waals surface area (Å²) in [4.78, 5) is 4.65. The van der Waals surface area contributed by atoms with Crippen molar-refractivity contribution in [3.8, 4) is 0 Å². The molecule has 20 heavy (non-hydrogen) atoms. The Morgan fingerprint density at radius 3 is 2.65 bits per heavy atom. The minimum Gasteiger partial charge on any atom is -0.387 e. The number of hydrogen-bond acceptors (Lipinski definition) is 4. The van der Waals surface area contributed by atoms with Gasteiger partial charge in [-0.25, -0.2) is 4.98 Å². The van der Waals surface area contributed by atoms with Crippen molar-refractivity contribution in [3.63, 3.8) is 0 Å². The lowest BCUT2D eigenvalue weighted by atomic mass is 10.1. The first-order valence-electron chi connectivity index (χ1n) is 7.46. The molecule has 5 heteroatoms. The van der Waals surface area contributed by atoms with Crippen LogP contribution < -0.4 is 10.6 Å². The van der Waals surface area contributed by atoms with Crippen LogP contribution in [0.4, 0.5) is 5.82 Å². The van der Waals surface area contributed by atoms with Gasteiger partial charge in [0.15, 0.2) is 0 Å². The predicted octanol–water partition coefficient (Wildman–Crippen LogP) is 1.09. The fourth-order valence-corrected chi connectivity index (χ4v) is 4.53. The molecule has 2 atom stereocenters. The molecule has 1 saturated carbocycles. The Bertz CT molecular complexity index is 524. The maximum absolute atomic E-state index is 10.8. The molecule has 0 bridgehead atoms. The van der Waals surface area contributed by atoms with Crippen molar-refractivity contribution in [1.82, 2.24) is 10.3 Å². The molecule has 1 unspecified atom stereocenters. The minimum absolute atomic E-state index is 0.0412. The Labute approximate surface area is 123 Å². The molecule has 1 aliphatic heterocycles. The fraction of sp³-hybridized carbons (Fsp3) is 0.667. The zero-order valence-electron chi connectivity index (χ0n) is 12.8. The molecule has 2 fully saturated rings. The molecule has 1 aromatic rings. The van der Waals surface area contributed by atoms with Gasteiger partial charge in [0, 0.05) is 16.7 Å². The lowest BCUT2D eigenvalue weighted by Gasteiger charge is -2.23. The highest BCUT2D eigenvalue weighted by molar-refractivity contribution is 6.56. The van der Waals surface area contributed by atoms with E-state index in [2.05, 4.69) is 43.3 Å². The van der Waals surface area contributed by atoms with E-state index >= 15 is 0 Å². The Morgan fingerprint density at radius 2 is 2.05 bits per heavy atom. The van der Waals surface area contributed by atoms with Gasteiger partial charge in [0.2, 0.25) is 0 Å². The molecular formula is C15H25N3OSi. The molecule has 0 spiro atoms. The van der Waals surface area contributed by atoms with Gasteiger partial charge in [-0.15, -0.1) is 0 Å². The average molecular weight is 291 g/mol. The summed E-state index contributed by atoms with van der Waals surface area (Å²) < 4.78 is 0. The summed E-state index contributed by atoms with van der Waals surface area (Å²) in [6, 6.07) is 5.94. The smallest absolute Gasteiger partial charge is 0.126 e. The molecule has 0 radical (unpaired) electrons. The van der Waals surface area contributed by atoms with E-state index in [1.165, 1.54) is 12.8 Å². The lowest BCUT2D eigenvalue weighted by Crippen LogP contribution is -2.41. The Kier molecular flexibility index (Phi) is 3.01. The molecule has 110 valence electrons. The largest absolute Gasteiger partial charge is 0.387 e. The van der Waals surface area contributed by atoms with E-state index < -0.39 is 14.7 Å². The zero-order valence-corrected chi connectivity index (χ0v) is 14.2. The first-order valence-corrected chi connectivity index (χ1v) is 8.98. The van der Waals surface area contributed by atoms with Gasteiger partial charge in [0.1, 0.15) is 11.0 Å². The van der Waals surface area contributed by atoms with Gasteiger partial charge in [0.05, 0.1) is 15.2 Å². The van der Waals surface area contributed by atoms with Crippen LogP contribution in [0.15, 0.2) is 18.2 Å². The zero-order chi connectivity index (χ0) is 14.6. The second-order valence-electron chi connectivity index (χ2n) is 7.67. The highest BCUT2D eigenvalue weighted by Crippen LogP contribution is 2.40. The van der Waals surface area contributed by atoms with Crippen LogP contribution in [-0.4, -0.2) is 36.4 Å². The van der Waals surface area contributed by atoms with Crippen LogP contribution in [-0.2, 0) is 5.22 Å². The van der Waals surface area contributed by atoms with Crippen molar-refractivity contribution in [2.75, 3.05) is 5.32 Å². The standard InChI is InChI=1S/C15H25N3OSi/c1-13(2,3)18-12-15(19,20-12)10-6-5-7-11(16-10)17-14(4)8-9-14/h5-7,12,18-19H,8-9,20H2,1-4H3,(H,16,17)/t12?,15-/m1/s1. The molecule has 2 heterocycles. The van der Waals surface area contributed by atoms with Crippen LogP contribution in [0.5, 0.6) is 0 Å². The van der Waals surface area contributed by atoms with Gasteiger partial charge in [0.25, 0.3) is 0 Å². The Balaban J connectivity index is 1.73. The summed E-state index contributed by atoms with van der Waals surface area (Å²) in [7, 11) is -0.568. The topological polar surface area (TPSA) is 57.2 Å². The second-order valence-corrected chi connectivity index (χ2v) is 9.97. The molecule has 1 saturated heterocycles. The van der Waals surface area contributed by atoms with Gasteiger partial charge >= 0.3 is 0 Å². The number of aliphatic hydroxyl groups is 1. The van der Waals surface area contributed by atoms with Crippen molar-refractivity contribution in [2.45, 2.75) is 62.5 Å². The maximum Gasteiger partial charge on any atom is 0.126 e. The average Bonchev–Trinajstić information content (AvgIpc) is 3.19. The van der Waals surface area contributed by atoms with E-state index in [-0.39, 0.29) is 16.7 Å². The van der Waals surface area contributed by atoms with Gasteiger partial charge in [-0.1, -0.05) is 6.07 Å². The first kappa shape index (κ1) is 14.0. The van der Waals surface area contributed by atoms with Crippen molar-refractivity contribution in [2.24, 2.45) is 0 Å². The normalized spacial score (nSPS) is 32.1. The molecule has 2 aliphatic rings. The van der Waals surface area contributed by atoms with Crippen molar-refractivity contribution in [1.29, 1.82) is 0 Å². The van der Waals surface area contributed by atoms with Crippen LogP contribution in [0.3, 0.4) is 0 Å². The van der Waals surface area contributed by atoms with E-state index in [0.717, 1.165) is 11.5 Å². The van der Waals surface area contributed by atoms with Gasteiger partial charge in [-0.05, 0) is 52.7 Å². The monoisotopic (exact) mass is 291 g/mol. The predicted molar refractivity (Wildman–Crippen MR) is 84.6 cm³/mol. The van der Waals surface area contributed by atoms with Crippen LogP contribution in [0.1, 0.15) is 46.2 Å². The van der Waals surface area contributed by atoms with Crippen LogP contribution in [0.2, 0.25) is 0 Å². The van der Waals surface area contributed by atoms with Gasteiger partial charge < -0.3 is 15.7 Å². The van der Waals surface area contributed by atoms with Gasteiger partial charge in [-0.3, -0.25) is 0 Å². The highest BCUT2D eigenvalue weighted by Gasteiger charge is 2.57. The minimum atomic E-state index is -0.671. The summed E-state index contributed by atoms with van der Waals surface area (Å²) in [5.74, 6) is 0.895. The third kappa shape index (κ3) is 2.89. The third-order valence-corrected chi connectivity index (χ3v) is 6.32. The van der Waals surface area contributed by atoms with E-state index in [9.17, 15) is 5.11 Å². The van der Waals surface area contributed by atoms with Crippen molar-refractivity contribution >= 4 is 15.3 Å². The number of hydrogen-bond donors (Lipinski definition) is 3. The number of anilines is 1. The van der Waals surface area contributed by atoms with Crippen LogP contribution in [0, 0.1) is 0 Å². The van der Waals surface area contributed by atoms with E-state index in [0.29, 0.717) is 0 Å². The molecule has 1 aromatic heterocycles. The number of aromatic nitrogens is 1. The van der Waals surface area contributed by atoms with Crippen molar-refractivity contribution in [3.05, 3.63) is 23.9 Å². The van der Waals surface area contributed by atoms with Crippen LogP contribution >= 0.6 is 0 Å². The van der Waals surface area contributed by atoms with E-state index in [4.69, 9.17) is 0 Å². The molecule has 4 nitrogen and oxygen atoms in total. The summed E-state index contributed by atoms with van der Waals surface area (Å²) in [5.41, 5.74) is 1.33. The Hall–Kier alpha value is -0.913. The lowest BCUT2D eigenvalue weighted by molar-refractivity contribution is 0.146. The molecule has 0 amide bonds. The summed E-state index contributed by atoms with van der Waals surface area (Å²) in [6.07, 6.45) is 2.40. The molecule has 3 N–H and O–H groups in total. The highest BCUT2D eigenvalue weighted by atomic mass is 28.2. The number of pyridine rings is 1. The molecule has 0 aromatic carbocycles. The Morgan fingerprint density at radius 1 is 1.35 bits per heavy atom. The summed E-state index contributed by atoms with van der Waals surface area (Å²) in [6.45, 7) is 8.63. The molecule has 1 aliphatic carbocycles. The fourth-order valence-electron chi connectivity index (χ4n) is 2.60. The number of nitrogens with zero attached hydrogens (tertiary/aromatic N) is 1. The van der Waals surface area contributed by atoms with Gasteiger partial charge in [-0.2, -0.15) is 0 Å². The number of nitrogens with one attached hydrogen (secondary N) is 2. The maximum atomic E-state index is 10.8. The van der Waals surface area contributed by atoms with Crippen LogP contribution in [0.25, 0.3) is 0 Å². The van der Waals surface area contributed by atoms with Crippen molar-refractivity contribution < 1.29 is 5.11 Å². The first-order chi connectivity index (χ1) is 9.20. The molecular weight excluding hydrogens is 266 g/mol. The SMILES string of the molecule is CC(C)(C)NC1[SiH2][C@]1(O)c1cccc(NC2(C)CC2)n1. The quantitative estimate of drug-likeness (QED) is 0.727. The van der Waals surface area contributed by atoms with E-state index in [1.807, 2.05) is 18.2 Å². The van der Waals surface area contributed by atoms with E-state index in [1.54, 1.807) is 0 Å². The molecule has 3 rings (SSSR count).